The molecule has 0 saturated carbocycles. The number of nitrogen functional groups attached to an aromatic ring is 1. The highest BCUT2D eigenvalue weighted by molar-refractivity contribution is 5.74. The van der Waals surface area contributed by atoms with Crippen LogP contribution < -0.4 is 21.5 Å². The Labute approximate surface area is 115 Å². The lowest BCUT2D eigenvalue weighted by atomic mass is 10.2. The number of nitrogens with zero attached hydrogens (tertiary/aromatic N) is 2. The van der Waals surface area contributed by atoms with Crippen molar-refractivity contribution >= 4 is 23.0 Å². The molecule has 1 heterocycles. The number of halogens is 2. The Morgan fingerprint density at radius 1 is 1.10 bits per heavy atom. The zero-order valence-electron chi connectivity index (χ0n) is 11.1. The zero-order valence-corrected chi connectivity index (χ0v) is 11.1. The highest BCUT2D eigenvalue weighted by atomic mass is 19.1. The van der Waals surface area contributed by atoms with E-state index < -0.39 is 11.6 Å². The fourth-order valence-electron chi connectivity index (χ4n) is 1.75. The molecule has 0 aliphatic heterocycles. The average Bonchev–Trinajstić information content (AvgIpc) is 2.42. The van der Waals surface area contributed by atoms with Crippen LogP contribution in [0.1, 0.15) is 0 Å². The monoisotopic (exact) mass is 279 g/mol. The molecule has 1 aromatic heterocycles. The molecule has 0 bridgehead atoms. The summed E-state index contributed by atoms with van der Waals surface area (Å²) in [5.41, 5.74) is 3.58. The normalized spacial score (nSPS) is 10.2. The lowest BCUT2D eigenvalue weighted by Crippen LogP contribution is -2.14. The maximum Gasteiger partial charge on any atom is 0.178 e. The highest BCUT2D eigenvalue weighted by Crippen LogP contribution is 2.28. The van der Waals surface area contributed by atoms with Crippen molar-refractivity contribution in [1.29, 1.82) is 0 Å². The van der Waals surface area contributed by atoms with Crippen molar-refractivity contribution in [2.75, 3.05) is 29.7 Å². The molecule has 0 saturated heterocycles. The van der Waals surface area contributed by atoms with Crippen molar-refractivity contribution in [3.05, 3.63) is 42.0 Å². The molecule has 0 radical (unpaired) electrons. The summed E-state index contributed by atoms with van der Waals surface area (Å²) < 4.78 is 27.0. The van der Waals surface area contributed by atoms with Crippen molar-refractivity contribution in [2.24, 2.45) is 5.84 Å². The van der Waals surface area contributed by atoms with Gasteiger partial charge in [-0.1, -0.05) is 12.1 Å². The molecule has 20 heavy (non-hydrogen) atoms. The summed E-state index contributed by atoms with van der Waals surface area (Å²) in [5.74, 6) is 3.15. The summed E-state index contributed by atoms with van der Waals surface area (Å²) in [7, 11) is 3.73. The van der Waals surface area contributed by atoms with Gasteiger partial charge in [-0.2, -0.15) is 0 Å². The van der Waals surface area contributed by atoms with Gasteiger partial charge < -0.3 is 15.6 Å². The van der Waals surface area contributed by atoms with Crippen LogP contribution in [0, 0.1) is 11.6 Å². The van der Waals surface area contributed by atoms with Crippen molar-refractivity contribution in [1.82, 2.24) is 4.98 Å². The molecular formula is C13H15F2N5. The zero-order chi connectivity index (χ0) is 14.7. The third-order valence-corrected chi connectivity index (χ3v) is 2.71. The van der Waals surface area contributed by atoms with E-state index in [4.69, 9.17) is 5.84 Å². The quantitative estimate of drug-likeness (QED) is 0.592. The number of nitrogens with two attached hydrogens (primary N) is 1. The molecule has 1 aromatic carbocycles. The SMILES string of the molecule is CN(C)c1ccccc1Nc1nc(NN)c(F)cc1F. The lowest BCUT2D eigenvalue weighted by molar-refractivity contribution is 0.579. The van der Waals surface area contributed by atoms with Crippen LogP contribution in [0.25, 0.3) is 0 Å². The largest absolute Gasteiger partial charge is 0.376 e. The Morgan fingerprint density at radius 2 is 1.75 bits per heavy atom. The molecule has 5 nitrogen and oxygen atoms in total. The van der Waals surface area contributed by atoms with Crippen LogP contribution in [0.3, 0.4) is 0 Å². The molecule has 0 spiro atoms. The number of anilines is 4. The first-order valence-corrected chi connectivity index (χ1v) is 5.89. The maximum absolute atomic E-state index is 13.7. The van der Waals surface area contributed by atoms with E-state index in [2.05, 4.69) is 15.7 Å². The van der Waals surface area contributed by atoms with Crippen molar-refractivity contribution in [3.8, 4) is 0 Å². The van der Waals surface area contributed by atoms with Crippen LogP contribution in [0.2, 0.25) is 0 Å². The Morgan fingerprint density at radius 3 is 2.40 bits per heavy atom. The molecule has 2 aromatic rings. The number of nitrogens with one attached hydrogen (secondary N) is 2. The second kappa shape index (κ2) is 5.70. The summed E-state index contributed by atoms with van der Waals surface area (Å²) in [6, 6.07) is 8.03. The predicted octanol–water partition coefficient (Wildman–Crippen LogP) is 2.46. The molecule has 106 valence electrons. The summed E-state index contributed by atoms with van der Waals surface area (Å²) in [6.07, 6.45) is 0. The van der Waals surface area contributed by atoms with E-state index in [1.54, 1.807) is 12.1 Å². The minimum Gasteiger partial charge on any atom is -0.376 e. The molecule has 7 heteroatoms. The number of hydrogen-bond acceptors (Lipinski definition) is 5. The first kappa shape index (κ1) is 14.0. The van der Waals surface area contributed by atoms with Gasteiger partial charge in [-0.25, -0.2) is 19.6 Å². The van der Waals surface area contributed by atoms with Gasteiger partial charge in [0.15, 0.2) is 23.3 Å². The number of benzene rings is 1. The van der Waals surface area contributed by atoms with Gasteiger partial charge in [0.05, 0.1) is 11.4 Å². The maximum atomic E-state index is 13.7. The van der Waals surface area contributed by atoms with Crippen LogP contribution in [-0.2, 0) is 0 Å². The van der Waals surface area contributed by atoms with Crippen LogP contribution in [0.4, 0.5) is 31.8 Å². The second-order valence-corrected chi connectivity index (χ2v) is 4.33. The van der Waals surface area contributed by atoms with E-state index in [0.29, 0.717) is 5.69 Å². The van der Waals surface area contributed by atoms with Gasteiger partial charge in [-0.3, -0.25) is 0 Å². The highest BCUT2D eigenvalue weighted by Gasteiger charge is 2.13. The van der Waals surface area contributed by atoms with Gasteiger partial charge in [0.1, 0.15) is 0 Å². The van der Waals surface area contributed by atoms with Gasteiger partial charge in [0.2, 0.25) is 0 Å². The molecular weight excluding hydrogens is 264 g/mol. The predicted molar refractivity (Wildman–Crippen MR) is 76.0 cm³/mol. The lowest BCUT2D eigenvalue weighted by Gasteiger charge is -2.18. The number of hydrogen-bond donors (Lipinski definition) is 3. The molecule has 0 amide bonds. The van der Waals surface area contributed by atoms with Gasteiger partial charge in [0, 0.05) is 20.2 Å². The first-order chi connectivity index (χ1) is 9.52. The number of hydrazine groups is 1. The van der Waals surface area contributed by atoms with E-state index in [1.165, 1.54) is 0 Å². The van der Waals surface area contributed by atoms with Crippen molar-refractivity contribution in [2.45, 2.75) is 0 Å². The van der Waals surface area contributed by atoms with E-state index in [9.17, 15) is 8.78 Å². The molecule has 2 rings (SSSR count). The third-order valence-electron chi connectivity index (χ3n) is 2.71. The number of pyridine rings is 1. The summed E-state index contributed by atoms with van der Waals surface area (Å²) >= 11 is 0. The smallest absolute Gasteiger partial charge is 0.178 e. The van der Waals surface area contributed by atoms with Crippen LogP contribution in [0.5, 0.6) is 0 Å². The third kappa shape index (κ3) is 2.77. The van der Waals surface area contributed by atoms with Crippen molar-refractivity contribution < 1.29 is 8.78 Å². The molecule has 0 unspecified atom stereocenters. The Hall–Kier alpha value is -2.41. The topological polar surface area (TPSA) is 66.2 Å². The Balaban J connectivity index is 2.40. The van der Waals surface area contributed by atoms with Crippen LogP contribution in [0.15, 0.2) is 30.3 Å². The number of rotatable bonds is 4. The molecule has 0 atom stereocenters. The van der Waals surface area contributed by atoms with Gasteiger partial charge in [-0.05, 0) is 12.1 Å². The minimum atomic E-state index is -0.851. The number of aromatic nitrogens is 1. The molecule has 0 aliphatic carbocycles. The first-order valence-electron chi connectivity index (χ1n) is 5.89. The van der Waals surface area contributed by atoms with E-state index >= 15 is 0 Å². The summed E-state index contributed by atoms with van der Waals surface area (Å²) in [4.78, 5) is 5.64. The van der Waals surface area contributed by atoms with Gasteiger partial charge >= 0.3 is 0 Å². The standard InChI is InChI=1S/C13H15F2N5/c1-20(2)11-6-4-3-5-10(11)17-12-8(14)7-9(15)13(18-12)19-16/h3-7H,16H2,1-2H3,(H2,17,18,19). The molecule has 4 N–H and O–H groups in total. The second-order valence-electron chi connectivity index (χ2n) is 4.33. The molecule has 0 aliphatic rings. The minimum absolute atomic E-state index is 0.103. The van der Waals surface area contributed by atoms with E-state index in [-0.39, 0.29) is 11.6 Å². The fraction of sp³-hybridized carbons (Fsp3) is 0.154. The average molecular weight is 279 g/mol. The molecule has 0 fully saturated rings. The van der Waals surface area contributed by atoms with Gasteiger partial charge in [-0.15, -0.1) is 0 Å². The number of para-hydroxylation sites is 2. The van der Waals surface area contributed by atoms with Gasteiger partial charge in [0.25, 0.3) is 0 Å². The van der Waals surface area contributed by atoms with E-state index in [1.807, 2.05) is 31.1 Å². The Bertz CT molecular complexity index is 616. The van der Waals surface area contributed by atoms with Crippen LogP contribution in [-0.4, -0.2) is 19.1 Å². The summed E-state index contributed by atoms with van der Waals surface area (Å²) in [6.45, 7) is 0. The Kier molecular flexibility index (Phi) is 3.99. The van der Waals surface area contributed by atoms with Crippen LogP contribution >= 0.6 is 0 Å². The van der Waals surface area contributed by atoms with Crippen molar-refractivity contribution in [3.63, 3.8) is 0 Å². The van der Waals surface area contributed by atoms with E-state index in [0.717, 1.165) is 11.8 Å². The summed E-state index contributed by atoms with van der Waals surface area (Å²) in [5, 5.41) is 2.83. The fourth-order valence-corrected chi connectivity index (χ4v) is 1.75.